The maximum atomic E-state index is 10.4. The van der Waals surface area contributed by atoms with Gasteiger partial charge in [0.05, 0.1) is 18.8 Å². The summed E-state index contributed by atoms with van der Waals surface area (Å²) < 4.78 is 6.86. The largest absolute Gasteiger partial charge is 0.393 e. The molecule has 4 nitrogen and oxygen atoms in total. The van der Waals surface area contributed by atoms with E-state index in [9.17, 15) is 5.11 Å². The van der Waals surface area contributed by atoms with Crippen LogP contribution in [-0.2, 0) is 4.74 Å². The molecule has 1 saturated heterocycles. The highest BCUT2D eigenvalue weighted by molar-refractivity contribution is 5.32. The highest BCUT2D eigenvalue weighted by atomic mass is 16.5. The molecule has 198 valence electrons. The first kappa shape index (κ1) is 25.9. The predicted octanol–water partition coefficient (Wildman–Crippen LogP) is 5.52. The number of aliphatic hydroxyl groups is 1. The Bertz CT molecular complexity index is 834. The molecule has 2 heterocycles. The fraction of sp³-hybridized carbons (Fsp3) is 0.871. The zero-order chi connectivity index (χ0) is 24.9. The molecule has 2 aliphatic heterocycles. The maximum Gasteiger partial charge on any atom is 0.0740 e. The van der Waals surface area contributed by atoms with E-state index < -0.39 is 0 Å². The Labute approximate surface area is 215 Å². The Hall–Kier alpha value is -0.680. The average Bonchev–Trinajstić information content (AvgIpc) is 3.19. The van der Waals surface area contributed by atoms with Crippen LogP contribution in [0, 0.1) is 35.0 Å². The molecule has 3 fully saturated rings. The second-order valence-corrected chi connectivity index (χ2v) is 13.7. The number of hydrogen-bond donors (Lipinski definition) is 1. The molecule has 0 amide bonds. The standard InChI is InChI=1S/C31H52N2O2/c1-20-15-29-30(33(18-20)14-13-32(5)6)21(2)7-9-25-26-10-8-23-16-24(34)11-12-31(23,4)28(26)17-27(25)22(3)19-35-29/h8,20-21,24-26,28-30,34H,7,9-19H2,1-6H3/b27-22-/t20-,21-,24-,25-,26-,28-,29+,30-,31-/m0/s1. The number of hydrogen-bond acceptors (Lipinski definition) is 4. The maximum absolute atomic E-state index is 10.4. The summed E-state index contributed by atoms with van der Waals surface area (Å²) in [4.78, 5) is 5.11. The van der Waals surface area contributed by atoms with E-state index in [1.54, 1.807) is 11.1 Å². The van der Waals surface area contributed by atoms with Gasteiger partial charge in [-0.1, -0.05) is 38.0 Å². The van der Waals surface area contributed by atoms with Crippen molar-refractivity contribution in [2.75, 3.05) is 40.3 Å². The number of aliphatic hydroxyl groups excluding tert-OH is 1. The average molecular weight is 485 g/mol. The van der Waals surface area contributed by atoms with Crippen LogP contribution in [0.15, 0.2) is 22.8 Å². The molecule has 5 aliphatic rings. The van der Waals surface area contributed by atoms with E-state index in [1.807, 2.05) is 0 Å². The number of ether oxygens (including phenoxy) is 1. The lowest BCUT2D eigenvalue weighted by Gasteiger charge is -2.49. The molecule has 0 unspecified atom stereocenters. The van der Waals surface area contributed by atoms with Gasteiger partial charge in [-0.15, -0.1) is 0 Å². The van der Waals surface area contributed by atoms with Gasteiger partial charge in [0, 0.05) is 25.7 Å². The quantitative estimate of drug-likeness (QED) is 0.535. The van der Waals surface area contributed by atoms with Crippen LogP contribution in [0.5, 0.6) is 0 Å². The van der Waals surface area contributed by atoms with Gasteiger partial charge >= 0.3 is 0 Å². The van der Waals surface area contributed by atoms with Gasteiger partial charge in [-0.2, -0.15) is 0 Å². The zero-order valence-electron chi connectivity index (χ0n) is 23.4. The Morgan fingerprint density at radius 1 is 1.17 bits per heavy atom. The van der Waals surface area contributed by atoms with Crippen molar-refractivity contribution in [1.82, 2.24) is 9.80 Å². The first-order valence-electron chi connectivity index (χ1n) is 14.7. The van der Waals surface area contributed by atoms with E-state index in [2.05, 4.69) is 57.7 Å². The Morgan fingerprint density at radius 2 is 1.97 bits per heavy atom. The second-order valence-electron chi connectivity index (χ2n) is 13.7. The third-order valence-electron chi connectivity index (χ3n) is 11.0. The Kier molecular flexibility index (Phi) is 7.59. The smallest absolute Gasteiger partial charge is 0.0740 e. The molecule has 5 rings (SSSR count). The molecular weight excluding hydrogens is 432 g/mol. The molecular formula is C31H52N2O2. The second kappa shape index (κ2) is 10.2. The third-order valence-corrected chi connectivity index (χ3v) is 11.0. The van der Waals surface area contributed by atoms with E-state index in [0.29, 0.717) is 29.4 Å². The molecule has 1 N–H and O–H groups in total. The number of piperidine rings is 1. The highest BCUT2D eigenvalue weighted by Gasteiger charge is 2.53. The minimum Gasteiger partial charge on any atom is -0.393 e. The van der Waals surface area contributed by atoms with Crippen LogP contribution in [0.2, 0.25) is 0 Å². The number of likely N-dealkylation sites (tertiary alicyclic amines) is 1. The van der Waals surface area contributed by atoms with Gasteiger partial charge in [-0.3, -0.25) is 4.90 Å². The Morgan fingerprint density at radius 3 is 2.74 bits per heavy atom. The van der Waals surface area contributed by atoms with Crippen molar-refractivity contribution in [2.24, 2.45) is 35.0 Å². The van der Waals surface area contributed by atoms with Crippen molar-refractivity contribution >= 4 is 0 Å². The van der Waals surface area contributed by atoms with Crippen molar-refractivity contribution < 1.29 is 9.84 Å². The van der Waals surface area contributed by atoms with Gasteiger partial charge in [-0.05, 0) is 113 Å². The van der Waals surface area contributed by atoms with Crippen LogP contribution >= 0.6 is 0 Å². The summed E-state index contributed by atoms with van der Waals surface area (Å²) in [5.41, 5.74) is 5.15. The number of likely N-dealkylation sites (N-methyl/N-ethyl adjacent to an activating group) is 1. The van der Waals surface area contributed by atoms with Gasteiger partial charge in [0.25, 0.3) is 0 Å². The molecule has 0 aromatic rings. The summed E-state index contributed by atoms with van der Waals surface area (Å²) >= 11 is 0. The molecule has 9 atom stereocenters. The van der Waals surface area contributed by atoms with Crippen molar-refractivity contribution in [1.29, 1.82) is 0 Å². The summed E-state index contributed by atoms with van der Waals surface area (Å²) in [5, 5.41) is 10.4. The molecule has 0 aromatic carbocycles. The summed E-state index contributed by atoms with van der Waals surface area (Å²) in [6, 6.07) is 0.549. The van der Waals surface area contributed by atoms with Crippen LogP contribution in [-0.4, -0.2) is 73.5 Å². The summed E-state index contributed by atoms with van der Waals surface area (Å²) in [6.45, 7) is 14.2. The van der Waals surface area contributed by atoms with Crippen LogP contribution in [0.3, 0.4) is 0 Å². The minimum absolute atomic E-state index is 0.121. The third kappa shape index (κ3) is 4.94. The zero-order valence-corrected chi connectivity index (χ0v) is 23.4. The lowest BCUT2D eigenvalue weighted by Crippen LogP contribution is -2.56. The van der Waals surface area contributed by atoms with Gasteiger partial charge in [0.2, 0.25) is 0 Å². The first-order valence-corrected chi connectivity index (χ1v) is 14.7. The van der Waals surface area contributed by atoms with E-state index in [-0.39, 0.29) is 6.10 Å². The molecule has 4 heteroatoms. The van der Waals surface area contributed by atoms with Gasteiger partial charge in [-0.25, -0.2) is 0 Å². The molecule has 3 aliphatic carbocycles. The number of allylic oxidation sites excluding steroid dienone is 2. The molecule has 0 radical (unpaired) electrons. The van der Waals surface area contributed by atoms with Gasteiger partial charge in [0.1, 0.15) is 0 Å². The lowest BCUT2D eigenvalue weighted by atomic mass is 9.56. The van der Waals surface area contributed by atoms with Crippen LogP contribution < -0.4 is 0 Å². The van der Waals surface area contributed by atoms with Crippen molar-refractivity contribution in [3.8, 4) is 0 Å². The fourth-order valence-corrected chi connectivity index (χ4v) is 8.99. The summed E-state index contributed by atoms with van der Waals surface area (Å²) in [5.74, 6) is 3.63. The van der Waals surface area contributed by atoms with E-state index >= 15 is 0 Å². The van der Waals surface area contributed by atoms with Gasteiger partial charge in [0.15, 0.2) is 0 Å². The molecule has 35 heavy (non-hydrogen) atoms. The normalized spacial score (nSPS) is 46.9. The lowest BCUT2D eigenvalue weighted by molar-refractivity contribution is -0.0733. The summed E-state index contributed by atoms with van der Waals surface area (Å²) in [6.07, 6.45) is 12.2. The topological polar surface area (TPSA) is 35.9 Å². The van der Waals surface area contributed by atoms with Crippen LogP contribution in [0.25, 0.3) is 0 Å². The fourth-order valence-electron chi connectivity index (χ4n) is 8.99. The van der Waals surface area contributed by atoms with E-state index in [4.69, 9.17) is 4.74 Å². The summed E-state index contributed by atoms with van der Waals surface area (Å²) in [7, 11) is 4.39. The minimum atomic E-state index is -0.121. The predicted molar refractivity (Wildman–Crippen MR) is 144 cm³/mol. The monoisotopic (exact) mass is 484 g/mol. The van der Waals surface area contributed by atoms with E-state index in [1.165, 1.54) is 44.2 Å². The van der Waals surface area contributed by atoms with Crippen LogP contribution in [0.4, 0.5) is 0 Å². The SMILES string of the molecule is C/C1=C2\C[C@H]3[C@@H](CC=C4C[C@@H](O)CC[C@@]43C)[C@@H]2CC[C@H](C)[C@H]2[C@@H](C[C@H](C)CN2CCN(C)C)OC1. The number of fused-ring (bicyclic) bond motifs is 6. The van der Waals surface area contributed by atoms with Crippen LogP contribution in [0.1, 0.15) is 79.1 Å². The molecule has 0 spiro atoms. The van der Waals surface area contributed by atoms with Crippen molar-refractivity contribution in [3.05, 3.63) is 22.8 Å². The Balaban J connectivity index is 1.40. The number of nitrogens with zero attached hydrogens (tertiary/aromatic N) is 2. The van der Waals surface area contributed by atoms with Gasteiger partial charge < -0.3 is 14.7 Å². The molecule has 2 saturated carbocycles. The van der Waals surface area contributed by atoms with Crippen molar-refractivity contribution in [2.45, 2.75) is 97.3 Å². The molecule has 0 aromatic heterocycles. The van der Waals surface area contributed by atoms with E-state index in [0.717, 1.165) is 56.7 Å². The highest BCUT2D eigenvalue weighted by Crippen LogP contribution is 2.62. The molecule has 0 bridgehead atoms. The van der Waals surface area contributed by atoms with Crippen molar-refractivity contribution in [3.63, 3.8) is 0 Å². The number of rotatable bonds is 3. The first-order chi connectivity index (χ1) is 16.7.